The number of ether oxygens (including phenoxy) is 2. The molecule has 1 saturated heterocycles. The van der Waals surface area contributed by atoms with E-state index in [0.717, 1.165) is 11.8 Å². The van der Waals surface area contributed by atoms with Gasteiger partial charge in [-0.25, -0.2) is 4.79 Å². The Balaban J connectivity index is 1.58. The van der Waals surface area contributed by atoms with Crippen LogP contribution in [0, 0.1) is 10.1 Å². The van der Waals surface area contributed by atoms with Gasteiger partial charge >= 0.3 is 11.7 Å². The van der Waals surface area contributed by atoms with Crippen LogP contribution in [-0.2, 0) is 9.53 Å². The van der Waals surface area contributed by atoms with Gasteiger partial charge in [0.25, 0.3) is 5.91 Å². The van der Waals surface area contributed by atoms with Crippen molar-refractivity contribution in [2.45, 2.75) is 0 Å². The molecule has 29 heavy (non-hydrogen) atoms. The number of nitro benzene ring substituents is 1. The molecule has 0 bridgehead atoms. The number of hydrogen-bond acceptors (Lipinski definition) is 7. The predicted octanol–water partition coefficient (Wildman–Crippen LogP) is 2.11. The first-order valence-corrected chi connectivity index (χ1v) is 9.07. The number of methoxy groups -OCH3 is 1. The van der Waals surface area contributed by atoms with Crippen molar-refractivity contribution in [3.63, 3.8) is 0 Å². The molecule has 1 heterocycles. The van der Waals surface area contributed by atoms with E-state index < -0.39 is 16.6 Å². The number of nitro groups is 1. The first-order valence-electron chi connectivity index (χ1n) is 9.07. The van der Waals surface area contributed by atoms with Gasteiger partial charge in [0.1, 0.15) is 0 Å². The van der Waals surface area contributed by atoms with Crippen LogP contribution in [0.4, 0.5) is 11.4 Å². The molecule has 1 amide bonds. The third-order valence-electron chi connectivity index (χ3n) is 4.68. The number of amides is 1. The van der Waals surface area contributed by atoms with Gasteiger partial charge in [0.05, 0.1) is 17.6 Å². The number of esters is 1. The maximum Gasteiger partial charge on any atom is 0.338 e. The third-order valence-corrected chi connectivity index (χ3v) is 4.68. The van der Waals surface area contributed by atoms with Gasteiger partial charge < -0.3 is 19.3 Å². The second kappa shape index (κ2) is 9.05. The zero-order valence-corrected chi connectivity index (χ0v) is 15.9. The van der Waals surface area contributed by atoms with E-state index in [9.17, 15) is 19.7 Å². The second-order valence-corrected chi connectivity index (χ2v) is 6.42. The molecule has 0 spiro atoms. The lowest BCUT2D eigenvalue weighted by Crippen LogP contribution is -2.50. The van der Waals surface area contributed by atoms with E-state index in [4.69, 9.17) is 4.74 Å². The van der Waals surface area contributed by atoms with E-state index in [1.54, 1.807) is 4.90 Å². The molecule has 0 radical (unpaired) electrons. The first kappa shape index (κ1) is 20.1. The standard InChI is InChI=1S/C20H21N3O6/c1-28-20(25)15-7-8-18(17(13-15)23(26)27)29-14-19(24)22-11-9-21(10-12-22)16-5-3-2-4-6-16/h2-8,13H,9-12,14H2,1H3. The summed E-state index contributed by atoms with van der Waals surface area (Å²) < 4.78 is 9.96. The van der Waals surface area contributed by atoms with Crippen molar-refractivity contribution in [3.05, 3.63) is 64.2 Å². The molecular weight excluding hydrogens is 378 g/mol. The quantitative estimate of drug-likeness (QED) is 0.416. The van der Waals surface area contributed by atoms with Crippen LogP contribution in [0.1, 0.15) is 10.4 Å². The fraction of sp³-hybridized carbons (Fsp3) is 0.300. The molecule has 3 rings (SSSR count). The largest absolute Gasteiger partial charge is 0.477 e. The van der Waals surface area contributed by atoms with Gasteiger partial charge in [0, 0.05) is 37.9 Å². The number of piperazine rings is 1. The smallest absolute Gasteiger partial charge is 0.338 e. The van der Waals surface area contributed by atoms with Crippen LogP contribution in [0.15, 0.2) is 48.5 Å². The molecular formula is C20H21N3O6. The van der Waals surface area contributed by atoms with Gasteiger partial charge in [-0.3, -0.25) is 14.9 Å². The van der Waals surface area contributed by atoms with E-state index in [-0.39, 0.29) is 23.8 Å². The van der Waals surface area contributed by atoms with Crippen molar-refractivity contribution in [2.24, 2.45) is 0 Å². The Bertz CT molecular complexity index is 894. The lowest BCUT2D eigenvalue weighted by Gasteiger charge is -2.36. The van der Waals surface area contributed by atoms with Crippen LogP contribution in [0.3, 0.4) is 0 Å². The second-order valence-electron chi connectivity index (χ2n) is 6.42. The molecule has 0 atom stereocenters. The summed E-state index contributed by atoms with van der Waals surface area (Å²) in [6.07, 6.45) is 0. The normalized spacial score (nSPS) is 13.7. The highest BCUT2D eigenvalue weighted by Crippen LogP contribution is 2.28. The summed E-state index contributed by atoms with van der Waals surface area (Å²) in [4.78, 5) is 38.5. The zero-order chi connectivity index (χ0) is 20.8. The van der Waals surface area contributed by atoms with E-state index in [1.807, 2.05) is 30.3 Å². The molecule has 0 N–H and O–H groups in total. The van der Waals surface area contributed by atoms with Crippen LogP contribution in [0.2, 0.25) is 0 Å². The highest BCUT2D eigenvalue weighted by Gasteiger charge is 2.24. The van der Waals surface area contributed by atoms with Gasteiger partial charge in [0.15, 0.2) is 12.4 Å². The summed E-state index contributed by atoms with van der Waals surface area (Å²) in [5.74, 6) is -1.00. The van der Waals surface area contributed by atoms with Crippen molar-refractivity contribution in [1.29, 1.82) is 0 Å². The third kappa shape index (κ3) is 4.81. The minimum atomic E-state index is -0.688. The van der Waals surface area contributed by atoms with Crippen molar-refractivity contribution in [1.82, 2.24) is 4.90 Å². The highest BCUT2D eigenvalue weighted by molar-refractivity contribution is 5.90. The van der Waals surface area contributed by atoms with E-state index >= 15 is 0 Å². The maximum atomic E-state index is 12.5. The topological polar surface area (TPSA) is 102 Å². The molecule has 0 unspecified atom stereocenters. The number of carbonyl (C=O) groups is 2. The summed E-state index contributed by atoms with van der Waals surface area (Å²) >= 11 is 0. The number of hydrogen-bond donors (Lipinski definition) is 0. The van der Waals surface area contributed by atoms with Crippen LogP contribution in [0.5, 0.6) is 5.75 Å². The van der Waals surface area contributed by atoms with Gasteiger partial charge in [-0.1, -0.05) is 18.2 Å². The summed E-state index contributed by atoms with van der Waals surface area (Å²) in [5, 5.41) is 11.3. The Morgan fingerprint density at radius 3 is 2.38 bits per heavy atom. The molecule has 0 aliphatic carbocycles. The number of rotatable bonds is 6. The monoisotopic (exact) mass is 399 g/mol. The summed E-state index contributed by atoms with van der Waals surface area (Å²) in [5.41, 5.74) is 0.752. The Labute approximate surface area is 167 Å². The van der Waals surface area contributed by atoms with Crippen molar-refractivity contribution in [3.8, 4) is 5.75 Å². The van der Waals surface area contributed by atoms with Crippen LogP contribution in [-0.4, -0.2) is 61.6 Å². The molecule has 9 heteroatoms. The predicted molar refractivity (Wildman–Crippen MR) is 105 cm³/mol. The van der Waals surface area contributed by atoms with Crippen LogP contribution in [0.25, 0.3) is 0 Å². The van der Waals surface area contributed by atoms with Gasteiger partial charge in [-0.2, -0.15) is 0 Å². The lowest BCUT2D eigenvalue weighted by atomic mass is 10.2. The Morgan fingerprint density at radius 1 is 1.07 bits per heavy atom. The fourth-order valence-electron chi connectivity index (χ4n) is 3.11. The number of para-hydroxylation sites is 1. The number of anilines is 1. The van der Waals surface area contributed by atoms with E-state index in [2.05, 4.69) is 9.64 Å². The molecule has 2 aromatic carbocycles. The van der Waals surface area contributed by atoms with Gasteiger partial charge in [-0.05, 0) is 24.3 Å². The van der Waals surface area contributed by atoms with Crippen LogP contribution < -0.4 is 9.64 Å². The average molecular weight is 399 g/mol. The van der Waals surface area contributed by atoms with Gasteiger partial charge in [0.2, 0.25) is 0 Å². The lowest BCUT2D eigenvalue weighted by molar-refractivity contribution is -0.385. The molecule has 9 nitrogen and oxygen atoms in total. The molecule has 1 aliphatic rings. The Morgan fingerprint density at radius 2 is 1.76 bits per heavy atom. The minimum Gasteiger partial charge on any atom is -0.477 e. The molecule has 1 fully saturated rings. The average Bonchev–Trinajstić information content (AvgIpc) is 2.77. The van der Waals surface area contributed by atoms with Crippen LogP contribution >= 0.6 is 0 Å². The molecule has 1 aliphatic heterocycles. The number of benzene rings is 2. The van der Waals surface area contributed by atoms with E-state index in [1.165, 1.54) is 19.2 Å². The molecule has 0 aromatic heterocycles. The maximum absolute atomic E-state index is 12.5. The first-order chi connectivity index (χ1) is 14.0. The highest BCUT2D eigenvalue weighted by atomic mass is 16.6. The molecule has 0 saturated carbocycles. The van der Waals surface area contributed by atoms with Crippen molar-refractivity contribution >= 4 is 23.3 Å². The Hall–Kier alpha value is -3.62. The zero-order valence-electron chi connectivity index (χ0n) is 15.9. The SMILES string of the molecule is COC(=O)c1ccc(OCC(=O)N2CCN(c3ccccc3)CC2)c([N+](=O)[O-])c1. The molecule has 152 valence electrons. The summed E-state index contributed by atoms with van der Waals surface area (Å²) in [7, 11) is 1.19. The fourth-order valence-corrected chi connectivity index (χ4v) is 3.11. The number of carbonyl (C=O) groups excluding carboxylic acids is 2. The Kier molecular flexibility index (Phi) is 6.28. The molecule has 2 aromatic rings. The minimum absolute atomic E-state index is 0.0370. The summed E-state index contributed by atoms with van der Waals surface area (Å²) in [6.45, 7) is 2.16. The number of nitrogens with zero attached hydrogens (tertiary/aromatic N) is 3. The van der Waals surface area contributed by atoms with Crippen molar-refractivity contribution in [2.75, 3.05) is 44.8 Å². The van der Waals surface area contributed by atoms with E-state index in [0.29, 0.717) is 26.2 Å². The summed E-state index contributed by atoms with van der Waals surface area (Å²) in [6, 6.07) is 13.7. The van der Waals surface area contributed by atoms with Gasteiger partial charge in [-0.15, -0.1) is 0 Å². The van der Waals surface area contributed by atoms with Crippen molar-refractivity contribution < 1.29 is 24.0 Å².